The number of aliphatic hydroxyl groups is 1. The summed E-state index contributed by atoms with van der Waals surface area (Å²) in [4.78, 5) is 10.3. The highest BCUT2D eigenvalue weighted by Gasteiger charge is 2.15. The van der Waals surface area contributed by atoms with E-state index in [0.29, 0.717) is 12.8 Å². The van der Waals surface area contributed by atoms with Crippen molar-refractivity contribution in [2.24, 2.45) is 11.7 Å². The molecule has 0 bridgehead atoms. The maximum absolute atomic E-state index is 10.3. The first kappa shape index (κ1) is 11.4. The topological polar surface area (TPSA) is 83.5 Å². The third-order valence-corrected chi connectivity index (χ3v) is 1.86. The SMILES string of the molecule is CC(C)C(O)CCC(N)C(=O)O. The maximum atomic E-state index is 10.3. The van der Waals surface area contributed by atoms with Gasteiger partial charge in [-0.25, -0.2) is 0 Å². The zero-order valence-electron chi connectivity index (χ0n) is 7.53. The summed E-state index contributed by atoms with van der Waals surface area (Å²) in [5, 5.41) is 17.7. The molecule has 4 N–H and O–H groups in total. The van der Waals surface area contributed by atoms with E-state index in [9.17, 15) is 9.90 Å². The van der Waals surface area contributed by atoms with Crippen molar-refractivity contribution < 1.29 is 15.0 Å². The van der Waals surface area contributed by atoms with Crippen molar-refractivity contribution in [3.63, 3.8) is 0 Å². The zero-order valence-corrected chi connectivity index (χ0v) is 7.53. The number of rotatable bonds is 5. The lowest BCUT2D eigenvalue weighted by atomic mass is 10.0. The molecular formula is C8H17NO3. The maximum Gasteiger partial charge on any atom is 0.320 e. The minimum absolute atomic E-state index is 0.158. The molecule has 0 amide bonds. The average Bonchev–Trinajstić information content (AvgIpc) is 1.98. The minimum atomic E-state index is -1.01. The monoisotopic (exact) mass is 175 g/mol. The molecule has 0 saturated carbocycles. The van der Waals surface area contributed by atoms with Crippen LogP contribution in [0.1, 0.15) is 26.7 Å². The minimum Gasteiger partial charge on any atom is -0.480 e. The third-order valence-electron chi connectivity index (χ3n) is 1.86. The summed E-state index contributed by atoms with van der Waals surface area (Å²) < 4.78 is 0. The summed E-state index contributed by atoms with van der Waals surface area (Å²) in [6.07, 6.45) is 0.329. The number of hydrogen-bond donors (Lipinski definition) is 3. The van der Waals surface area contributed by atoms with Gasteiger partial charge in [0.05, 0.1) is 6.10 Å². The molecule has 0 rings (SSSR count). The van der Waals surface area contributed by atoms with Gasteiger partial charge in [0.15, 0.2) is 0 Å². The van der Waals surface area contributed by atoms with Gasteiger partial charge >= 0.3 is 5.97 Å². The highest BCUT2D eigenvalue weighted by atomic mass is 16.4. The van der Waals surface area contributed by atoms with Gasteiger partial charge in [-0.1, -0.05) is 13.8 Å². The zero-order chi connectivity index (χ0) is 9.72. The van der Waals surface area contributed by atoms with Crippen molar-refractivity contribution in [2.75, 3.05) is 0 Å². The molecular weight excluding hydrogens is 158 g/mol. The predicted octanol–water partition coefficient (Wildman–Crippen LogP) is 0.195. The Kier molecular flexibility index (Phi) is 4.85. The van der Waals surface area contributed by atoms with Crippen LogP contribution in [0.25, 0.3) is 0 Å². The number of hydrogen-bond acceptors (Lipinski definition) is 3. The van der Waals surface area contributed by atoms with Gasteiger partial charge in [0, 0.05) is 0 Å². The number of aliphatic carboxylic acids is 1. The summed E-state index contributed by atoms with van der Waals surface area (Å²) >= 11 is 0. The Morgan fingerprint density at radius 1 is 1.42 bits per heavy atom. The number of carboxylic acids is 1. The Labute approximate surface area is 72.4 Å². The van der Waals surface area contributed by atoms with E-state index in [1.54, 1.807) is 0 Å². The lowest BCUT2D eigenvalue weighted by Crippen LogP contribution is -2.31. The fraction of sp³-hybridized carbons (Fsp3) is 0.875. The quantitative estimate of drug-likeness (QED) is 0.557. The second-order valence-corrected chi connectivity index (χ2v) is 3.33. The molecule has 4 heteroatoms. The van der Waals surface area contributed by atoms with Gasteiger partial charge in [0.25, 0.3) is 0 Å². The van der Waals surface area contributed by atoms with Gasteiger partial charge in [0.1, 0.15) is 6.04 Å². The molecule has 4 nitrogen and oxygen atoms in total. The standard InChI is InChI=1S/C8H17NO3/c1-5(2)7(10)4-3-6(9)8(11)12/h5-7,10H,3-4,9H2,1-2H3,(H,11,12). The number of nitrogens with two attached hydrogens (primary N) is 1. The lowest BCUT2D eigenvalue weighted by molar-refractivity contribution is -0.138. The third kappa shape index (κ3) is 4.31. The van der Waals surface area contributed by atoms with Crippen LogP contribution in [-0.4, -0.2) is 28.3 Å². The Balaban J connectivity index is 3.61. The van der Waals surface area contributed by atoms with Crippen molar-refractivity contribution in [3.05, 3.63) is 0 Å². The predicted molar refractivity (Wildman–Crippen MR) is 45.7 cm³/mol. The van der Waals surface area contributed by atoms with Crippen LogP contribution >= 0.6 is 0 Å². The van der Waals surface area contributed by atoms with E-state index in [1.807, 2.05) is 13.8 Å². The summed E-state index contributed by atoms with van der Waals surface area (Å²) in [6.45, 7) is 3.77. The Morgan fingerprint density at radius 3 is 2.25 bits per heavy atom. The average molecular weight is 175 g/mol. The second kappa shape index (κ2) is 5.11. The first-order chi connectivity index (χ1) is 5.45. The molecule has 0 saturated heterocycles. The fourth-order valence-electron chi connectivity index (χ4n) is 0.807. The van der Waals surface area contributed by atoms with E-state index in [2.05, 4.69) is 0 Å². The van der Waals surface area contributed by atoms with E-state index in [0.717, 1.165) is 0 Å². The van der Waals surface area contributed by atoms with E-state index in [-0.39, 0.29) is 5.92 Å². The first-order valence-corrected chi connectivity index (χ1v) is 4.11. The molecule has 2 atom stereocenters. The Morgan fingerprint density at radius 2 is 1.92 bits per heavy atom. The van der Waals surface area contributed by atoms with Crippen LogP contribution < -0.4 is 5.73 Å². The van der Waals surface area contributed by atoms with Crippen LogP contribution in [0.5, 0.6) is 0 Å². The van der Waals surface area contributed by atoms with Gasteiger partial charge in [-0.15, -0.1) is 0 Å². The van der Waals surface area contributed by atoms with Crippen molar-refractivity contribution >= 4 is 5.97 Å². The van der Waals surface area contributed by atoms with Crippen LogP contribution in [0.2, 0.25) is 0 Å². The molecule has 0 aromatic heterocycles. The molecule has 2 unspecified atom stereocenters. The van der Waals surface area contributed by atoms with Crippen LogP contribution in [0.3, 0.4) is 0 Å². The molecule has 0 aromatic rings. The molecule has 0 aromatic carbocycles. The first-order valence-electron chi connectivity index (χ1n) is 4.11. The molecule has 0 radical (unpaired) electrons. The van der Waals surface area contributed by atoms with Gasteiger partial charge < -0.3 is 15.9 Å². The van der Waals surface area contributed by atoms with E-state index < -0.39 is 18.1 Å². The highest BCUT2D eigenvalue weighted by Crippen LogP contribution is 2.08. The largest absolute Gasteiger partial charge is 0.480 e. The van der Waals surface area contributed by atoms with Crippen molar-refractivity contribution in [2.45, 2.75) is 38.8 Å². The molecule has 0 spiro atoms. The number of carboxylic acid groups (broad SMARTS) is 1. The van der Waals surface area contributed by atoms with Crippen LogP contribution in [0.15, 0.2) is 0 Å². The summed E-state index contributed by atoms with van der Waals surface area (Å²) in [5.74, 6) is -0.850. The molecule has 0 aliphatic carbocycles. The molecule has 72 valence electrons. The summed E-state index contributed by atoms with van der Waals surface area (Å²) in [6, 6.07) is -0.849. The smallest absolute Gasteiger partial charge is 0.320 e. The molecule has 0 aliphatic heterocycles. The fourth-order valence-corrected chi connectivity index (χ4v) is 0.807. The van der Waals surface area contributed by atoms with Crippen LogP contribution in [0, 0.1) is 5.92 Å². The van der Waals surface area contributed by atoms with Gasteiger partial charge in [-0.3, -0.25) is 4.79 Å². The number of aliphatic hydroxyl groups excluding tert-OH is 1. The Bertz CT molecular complexity index is 147. The molecule has 0 aliphatic rings. The van der Waals surface area contributed by atoms with Gasteiger partial charge in [-0.05, 0) is 18.8 Å². The Hall–Kier alpha value is -0.610. The second-order valence-electron chi connectivity index (χ2n) is 3.33. The van der Waals surface area contributed by atoms with E-state index in [1.165, 1.54) is 0 Å². The van der Waals surface area contributed by atoms with Crippen molar-refractivity contribution in [1.29, 1.82) is 0 Å². The van der Waals surface area contributed by atoms with Crippen LogP contribution in [0.4, 0.5) is 0 Å². The number of carbonyl (C=O) groups is 1. The molecule has 0 heterocycles. The van der Waals surface area contributed by atoms with E-state index in [4.69, 9.17) is 10.8 Å². The van der Waals surface area contributed by atoms with E-state index >= 15 is 0 Å². The molecule has 12 heavy (non-hydrogen) atoms. The van der Waals surface area contributed by atoms with Gasteiger partial charge in [0.2, 0.25) is 0 Å². The summed E-state index contributed by atoms with van der Waals surface area (Å²) in [5.41, 5.74) is 5.25. The molecule has 0 fully saturated rings. The van der Waals surface area contributed by atoms with Crippen molar-refractivity contribution in [3.8, 4) is 0 Å². The highest BCUT2D eigenvalue weighted by molar-refractivity contribution is 5.72. The normalized spacial score (nSPS) is 16.1. The lowest BCUT2D eigenvalue weighted by Gasteiger charge is -2.15. The summed E-state index contributed by atoms with van der Waals surface area (Å²) in [7, 11) is 0. The van der Waals surface area contributed by atoms with Crippen LogP contribution in [-0.2, 0) is 4.79 Å². The van der Waals surface area contributed by atoms with Crippen molar-refractivity contribution in [1.82, 2.24) is 0 Å². The van der Waals surface area contributed by atoms with Gasteiger partial charge in [-0.2, -0.15) is 0 Å².